The summed E-state index contributed by atoms with van der Waals surface area (Å²) < 4.78 is 5.94. The third-order valence-electron chi connectivity index (χ3n) is 5.93. The molecule has 0 bridgehead atoms. The normalized spacial score (nSPS) is 18.9. The quantitative estimate of drug-likeness (QED) is 0.549. The van der Waals surface area contributed by atoms with Crippen molar-refractivity contribution in [1.29, 1.82) is 0 Å². The molecule has 5 heteroatoms. The molecule has 4 rings (SSSR count). The molecule has 0 aliphatic carbocycles. The molecule has 1 aliphatic rings. The Morgan fingerprint density at radius 3 is 2.50 bits per heavy atom. The topological polar surface area (TPSA) is 88.3 Å². The van der Waals surface area contributed by atoms with E-state index >= 15 is 0 Å². The van der Waals surface area contributed by atoms with Gasteiger partial charge in [-0.15, -0.1) is 0 Å². The number of nitrogens with one attached hydrogen (secondary N) is 1. The lowest BCUT2D eigenvalue weighted by atomic mass is 9.86. The lowest BCUT2D eigenvalue weighted by Crippen LogP contribution is -2.37. The van der Waals surface area contributed by atoms with Crippen LogP contribution in [0.1, 0.15) is 62.0 Å². The number of hydrogen-bond donors (Lipinski definition) is 3. The van der Waals surface area contributed by atoms with E-state index in [9.17, 15) is 9.90 Å². The number of H-pyrrole nitrogens is 1. The maximum absolute atomic E-state index is 11.3. The van der Waals surface area contributed by atoms with E-state index < -0.39 is 11.6 Å². The summed E-state index contributed by atoms with van der Waals surface area (Å²) in [5.74, 6) is -0.820. The Balaban J connectivity index is 0.000000239. The van der Waals surface area contributed by atoms with Gasteiger partial charge in [0.1, 0.15) is 5.60 Å². The highest BCUT2D eigenvalue weighted by molar-refractivity contribution is 5.88. The molecule has 0 radical (unpaired) electrons. The van der Waals surface area contributed by atoms with Crippen molar-refractivity contribution >= 4 is 16.9 Å². The molecule has 4 N–H and O–H groups in total. The minimum Gasteiger partial charge on any atom is -0.481 e. The van der Waals surface area contributed by atoms with E-state index in [1.807, 2.05) is 44.2 Å². The van der Waals surface area contributed by atoms with Gasteiger partial charge >= 0.3 is 5.97 Å². The fraction of sp³-hybridized carbons (Fsp3) is 0.400. The van der Waals surface area contributed by atoms with Gasteiger partial charge in [0.05, 0.1) is 18.7 Å². The Hall–Kier alpha value is -2.63. The van der Waals surface area contributed by atoms with E-state index in [-0.39, 0.29) is 12.5 Å². The molecule has 160 valence electrons. The second-order valence-electron chi connectivity index (χ2n) is 7.89. The van der Waals surface area contributed by atoms with Crippen molar-refractivity contribution in [3.63, 3.8) is 0 Å². The summed E-state index contributed by atoms with van der Waals surface area (Å²) in [6.45, 7) is 6.69. The van der Waals surface area contributed by atoms with E-state index in [1.165, 1.54) is 22.1 Å². The first-order chi connectivity index (χ1) is 14.4. The number of aryl methyl sites for hydroxylation is 1. The summed E-state index contributed by atoms with van der Waals surface area (Å²) in [6, 6.07) is 16.5. The molecule has 2 aromatic carbocycles. The molecule has 2 heterocycles. The van der Waals surface area contributed by atoms with Gasteiger partial charge in [0, 0.05) is 16.9 Å². The fourth-order valence-electron chi connectivity index (χ4n) is 4.24. The number of fused-ring (bicyclic) bond motifs is 3. The minimum absolute atomic E-state index is 0.00474. The van der Waals surface area contributed by atoms with Crippen LogP contribution in [0.2, 0.25) is 0 Å². The Bertz CT molecular complexity index is 994. The predicted octanol–water partition coefficient (Wildman–Crippen LogP) is 5.09. The second-order valence-corrected chi connectivity index (χ2v) is 7.89. The van der Waals surface area contributed by atoms with Crippen molar-refractivity contribution in [2.45, 2.75) is 58.1 Å². The van der Waals surface area contributed by atoms with Gasteiger partial charge in [0.25, 0.3) is 0 Å². The predicted molar refractivity (Wildman–Crippen MR) is 121 cm³/mol. The summed E-state index contributed by atoms with van der Waals surface area (Å²) in [6.07, 6.45) is 2.45. The monoisotopic (exact) mass is 408 g/mol. The van der Waals surface area contributed by atoms with Crippen LogP contribution < -0.4 is 5.73 Å². The molecule has 0 fully saturated rings. The zero-order chi connectivity index (χ0) is 21.7. The van der Waals surface area contributed by atoms with Crippen LogP contribution in [0.4, 0.5) is 0 Å². The third-order valence-corrected chi connectivity index (χ3v) is 5.93. The van der Waals surface area contributed by atoms with Gasteiger partial charge < -0.3 is 20.6 Å². The Labute approximate surface area is 178 Å². The first-order valence-corrected chi connectivity index (χ1v) is 10.7. The largest absolute Gasteiger partial charge is 0.481 e. The summed E-state index contributed by atoms with van der Waals surface area (Å²) in [4.78, 5) is 14.8. The second kappa shape index (κ2) is 9.45. The first-order valence-electron chi connectivity index (χ1n) is 10.7. The van der Waals surface area contributed by atoms with E-state index in [0.717, 1.165) is 24.1 Å². The molecule has 0 saturated carbocycles. The molecular formula is C25H32N2O3. The van der Waals surface area contributed by atoms with Crippen LogP contribution in [0.3, 0.4) is 0 Å². The lowest BCUT2D eigenvalue weighted by Gasteiger charge is -2.35. The summed E-state index contributed by atoms with van der Waals surface area (Å²) in [7, 11) is 0. The number of carboxylic acids is 1. The number of aromatic nitrogens is 1. The number of carbonyl (C=O) groups is 1. The number of hydrogen-bond acceptors (Lipinski definition) is 3. The number of para-hydroxylation sites is 1. The maximum Gasteiger partial charge on any atom is 0.306 e. The van der Waals surface area contributed by atoms with Gasteiger partial charge in [0.2, 0.25) is 0 Å². The van der Waals surface area contributed by atoms with Crippen molar-refractivity contribution < 1.29 is 14.6 Å². The van der Waals surface area contributed by atoms with Crippen molar-refractivity contribution in [2.75, 3.05) is 6.61 Å². The van der Waals surface area contributed by atoms with Crippen LogP contribution in [0, 0.1) is 0 Å². The number of carboxylic acid groups (broad SMARTS) is 1. The standard InChI is InChI=1S/C17H21NO3.C8H11N/c1-3-11-6-5-7-12-13-8-9-21-17(4-2,10-14(19)20)16(13)18-15(11)12;1-7(9)8-5-3-2-4-6-8/h5-7,18H,3-4,8-10H2,1-2H3,(H,19,20);2-7H,9H2,1H3/t17-;7-/m11/s1. The zero-order valence-corrected chi connectivity index (χ0v) is 18.1. The SMILES string of the molecule is CCc1cccc2c3c([nH]c12)[C@@](CC)(CC(=O)O)OCC3.C[C@@H](N)c1ccccc1. The number of benzene rings is 2. The highest BCUT2D eigenvalue weighted by atomic mass is 16.5. The molecule has 5 nitrogen and oxygen atoms in total. The van der Waals surface area contributed by atoms with Crippen LogP contribution in [0.5, 0.6) is 0 Å². The van der Waals surface area contributed by atoms with E-state index in [0.29, 0.717) is 13.0 Å². The van der Waals surface area contributed by atoms with Crippen LogP contribution >= 0.6 is 0 Å². The minimum atomic E-state index is -0.820. The van der Waals surface area contributed by atoms with Crippen LogP contribution in [-0.4, -0.2) is 22.7 Å². The number of rotatable bonds is 5. The van der Waals surface area contributed by atoms with Crippen molar-refractivity contribution in [1.82, 2.24) is 4.98 Å². The highest BCUT2D eigenvalue weighted by Crippen LogP contribution is 2.42. The summed E-state index contributed by atoms with van der Waals surface area (Å²) in [5.41, 5.74) is 10.7. The van der Waals surface area contributed by atoms with Crippen LogP contribution in [0.15, 0.2) is 48.5 Å². The highest BCUT2D eigenvalue weighted by Gasteiger charge is 2.40. The summed E-state index contributed by atoms with van der Waals surface area (Å²) >= 11 is 0. The summed E-state index contributed by atoms with van der Waals surface area (Å²) in [5, 5.41) is 10.5. The first kappa shape index (κ1) is 22.1. The average Bonchev–Trinajstić information content (AvgIpc) is 3.15. The van der Waals surface area contributed by atoms with E-state index in [4.69, 9.17) is 10.5 Å². The molecule has 0 amide bonds. The molecule has 0 unspecified atom stereocenters. The van der Waals surface area contributed by atoms with Crippen molar-refractivity contribution in [2.24, 2.45) is 5.73 Å². The van der Waals surface area contributed by atoms with Crippen LogP contribution in [0.25, 0.3) is 10.9 Å². The Kier molecular flexibility index (Phi) is 6.95. The fourth-order valence-corrected chi connectivity index (χ4v) is 4.24. The Morgan fingerprint density at radius 2 is 1.93 bits per heavy atom. The lowest BCUT2D eigenvalue weighted by molar-refractivity contribution is -0.148. The molecule has 30 heavy (non-hydrogen) atoms. The van der Waals surface area contributed by atoms with Crippen molar-refractivity contribution in [3.8, 4) is 0 Å². The molecular weight excluding hydrogens is 376 g/mol. The van der Waals surface area contributed by atoms with Gasteiger partial charge in [-0.1, -0.05) is 62.4 Å². The molecule has 3 aromatic rings. The van der Waals surface area contributed by atoms with Gasteiger partial charge in [-0.2, -0.15) is 0 Å². The number of aromatic amines is 1. The molecule has 1 aliphatic heterocycles. The van der Waals surface area contributed by atoms with Gasteiger partial charge in [-0.05, 0) is 42.9 Å². The number of nitrogens with two attached hydrogens (primary N) is 1. The van der Waals surface area contributed by atoms with Gasteiger partial charge in [-0.3, -0.25) is 4.79 Å². The number of ether oxygens (including phenoxy) is 1. The molecule has 2 atom stereocenters. The molecule has 0 saturated heterocycles. The van der Waals surface area contributed by atoms with Gasteiger partial charge in [0.15, 0.2) is 0 Å². The van der Waals surface area contributed by atoms with E-state index in [2.05, 4.69) is 30.1 Å². The smallest absolute Gasteiger partial charge is 0.306 e. The van der Waals surface area contributed by atoms with Crippen LogP contribution in [-0.2, 0) is 28.0 Å². The molecule has 1 aromatic heterocycles. The maximum atomic E-state index is 11.3. The molecule has 0 spiro atoms. The number of aliphatic carboxylic acids is 1. The third kappa shape index (κ3) is 4.42. The average molecular weight is 409 g/mol. The van der Waals surface area contributed by atoms with Crippen molar-refractivity contribution in [3.05, 3.63) is 70.9 Å². The van der Waals surface area contributed by atoms with Gasteiger partial charge in [-0.25, -0.2) is 0 Å². The zero-order valence-electron chi connectivity index (χ0n) is 18.1. The van der Waals surface area contributed by atoms with E-state index in [1.54, 1.807) is 0 Å². The Morgan fingerprint density at radius 1 is 1.20 bits per heavy atom.